The van der Waals surface area contributed by atoms with Crippen LogP contribution in [-0.4, -0.2) is 38.1 Å². The molecule has 0 aromatic heterocycles. The minimum atomic E-state index is -0.472. The van der Waals surface area contributed by atoms with Crippen molar-refractivity contribution in [2.45, 2.75) is 26.7 Å². The number of hydrogen-bond acceptors (Lipinski definition) is 4. The predicted molar refractivity (Wildman–Crippen MR) is 107 cm³/mol. The van der Waals surface area contributed by atoms with E-state index in [1.54, 1.807) is 17.0 Å². The summed E-state index contributed by atoms with van der Waals surface area (Å²) in [4.78, 5) is 28.8. The van der Waals surface area contributed by atoms with Gasteiger partial charge in [-0.1, -0.05) is 18.2 Å². The van der Waals surface area contributed by atoms with Gasteiger partial charge in [0.15, 0.2) is 6.61 Å². The van der Waals surface area contributed by atoms with E-state index in [2.05, 4.69) is 18.7 Å². The van der Waals surface area contributed by atoms with Gasteiger partial charge in [-0.2, -0.15) is 0 Å². The highest BCUT2D eigenvalue weighted by Gasteiger charge is 2.23. The summed E-state index contributed by atoms with van der Waals surface area (Å²) in [5.74, 6) is -0.657. The first kappa shape index (κ1) is 19.0. The van der Waals surface area contributed by atoms with Crippen molar-refractivity contribution in [1.29, 1.82) is 0 Å². The molecule has 0 bridgehead atoms. The molecule has 3 rings (SSSR count). The number of nitrogens with zero attached hydrogens (tertiary/aromatic N) is 2. The molecule has 142 valence electrons. The number of anilines is 2. The second kappa shape index (κ2) is 8.71. The van der Waals surface area contributed by atoms with Gasteiger partial charge >= 0.3 is 5.97 Å². The number of amides is 1. The van der Waals surface area contributed by atoms with Crippen LogP contribution in [0, 0.1) is 0 Å². The predicted octanol–water partition coefficient (Wildman–Crippen LogP) is 3.67. The van der Waals surface area contributed by atoms with Crippen molar-refractivity contribution in [2.75, 3.05) is 36.0 Å². The average molecular weight is 366 g/mol. The van der Waals surface area contributed by atoms with E-state index in [1.165, 1.54) is 0 Å². The van der Waals surface area contributed by atoms with Crippen LogP contribution in [-0.2, 0) is 16.0 Å². The number of benzene rings is 2. The van der Waals surface area contributed by atoms with Gasteiger partial charge in [-0.05, 0) is 62.6 Å². The van der Waals surface area contributed by atoms with Crippen molar-refractivity contribution < 1.29 is 14.3 Å². The second-order valence-electron chi connectivity index (χ2n) is 6.57. The molecule has 5 heteroatoms. The number of para-hydroxylation sites is 1. The van der Waals surface area contributed by atoms with Crippen molar-refractivity contribution in [3.63, 3.8) is 0 Å². The molecule has 0 saturated carbocycles. The summed E-state index contributed by atoms with van der Waals surface area (Å²) >= 11 is 0. The largest absolute Gasteiger partial charge is 0.452 e. The molecule has 27 heavy (non-hydrogen) atoms. The van der Waals surface area contributed by atoms with Crippen molar-refractivity contribution in [3.05, 3.63) is 59.7 Å². The van der Waals surface area contributed by atoms with Crippen LogP contribution in [0.4, 0.5) is 11.4 Å². The summed E-state index contributed by atoms with van der Waals surface area (Å²) in [5, 5.41) is 0. The summed E-state index contributed by atoms with van der Waals surface area (Å²) in [6.07, 6.45) is 1.89. The Hall–Kier alpha value is -2.82. The molecule has 0 aliphatic carbocycles. The number of aryl methyl sites for hydroxylation is 1. The quantitative estimate of drug-likeness (QED) is 0.732. The Kier molecular flexibility index (Phi) is 6.12. The Labute approximate surface area is 160 Å². The number of esters is 1. The Morgan fingerprint density at radius 1 is 1.04 bits per heavy atom. The van der Waals surface area contributed by atoms with Crippen LogP contribution in [0.5, 0.6) is 0 Å². The zero-order valence-corrected chi connectivity index (χ0v) is 16.0. The fraction of sp³-hybridized carbons (Fsp3) is 0.364. The van der Waals surface area contributed by atoms with Gasteiger partial charge in [-0.15, -0.1) is 0 Å². The van der Waals surface area contributed by atoms with E-state index in [-0.39, 0.29) is 12.5 Å². The number of fused-ring (bicyclic) bond motifs is 1. The van der Waals surface area contributed by atoms with Gasteiger partial charge in [0, 0.05) is 31.0 Å². The van der Waals surface area contributed by atoms with Crippen LogP contribution in [0.3, 0.4) is 0 Å². The van der Waals surface area contributed by atoms with Gasteiger partial charge in [0.2, 0.25) is 0 Å². The molecule has 0 spiro atoms. The minimum absolute atomic E-state index is 0.185. The highest BCUT2D eigenvalue weighted by Crippen LogP contribution is 2.26. The lowest BCUT2D eigenvalue weighted by atomic mass is 10.0. The summed E-state index contributed by atoms with van der Waals surface area (Å²) in [6, 6.07) is 15.2. The van der Waals surface area contributed by atoms with E-state index in [0.29, 0.717) is 12.1 Å². The Morgan fingerprint density at radius 2 is 1.74 bits per heavy atom. The summed E-state index contributed by atoms with van der Waals surface area (Å²) < 4.78 is 5.27. The van der Waals surface area contributed by atoms with Crippen molar-refractivity contribution >= 4 is 23.3 Å². The van der Waals surface area contributed by atoms with Gasteiger partial charge in [-0.3, -0.25) is 4.79 Å². The van der Waals surface area contributed by atoms with E-state index >= 15 is 0 Å². The number of ether oxygens (including phenoxy) is 1. The van der Waals surface area contributed by atoms with E-state index in [1.807, 2.05) is 36.4 Å². The van der Waals surface area contributed by atoms with E-state index in [4.69, 9.17) is 4.74 Å². The number of carbonyl (C=O) groups excluding carboxylic acids is 2. The highest BCUT2D eigenvalue weighted by atomic mass is 16.5. The molecule has 5 nitrogen and oxygen atoms in total. The molecule has 1 amide bonds. The topological polar surface area (TPSA) is 49.9 Å². The zero-order valence-electron chi connectivity index (χ0n) is 16.0. The molecule has 2 aromatic rings. The number of carbonyl (C=O) groups is 2. The van der Waals surface area contributed by atoms with Gasteiger partial charge < -0.3 is 14.5 Å². The van der Waals surface area contributed by atoms with Crippen LogP contribution in [0.2, 0.25) is 0 Å². The molecule has 1 aliphatic rings. The molecule has 0 atom stereocenters. The molecule has 0 radical (unpaired) electrons. The van der Waals surface area contributed by atoms with Gasteiger partial charge in [0.05, 0.1) is 5.56 Å². The third-order valence-corrected chi connectivity index (χ3v) is 4.97. The van der Waals surface area contributed by atoms with E-state index in [9.17, 15) is 9.59 Å². The molecule has 0 unspecified atom stereocenters. The average Bonchev–Trinajstić information content (AvgIpc) is 2.72. The Bertz CT molecular complexity index is 797. The first-order valence-corrected chi connectivity index (χ1v) is 9.54. The fourth-order valence-corrected chi connectivity index (χ4v) is 3.48. The smallest absolute Gasteiger partial charge is 0.338 e. The van der Waals surface area contributed by atoms with Crippen LogP contribution < -0.4 is 9.80 Å². The molecule has 1 aliphatic heterocycles. The van der Waals surface area contributed by atoms with Crippen LogP contribution >= 0.6 is 0 Å². The monoisotopic (exact) mass is 366 g/mol. The molecule has 2 aromatic carbocycles. The van der Waals surface area contributed by atoms with Crippen LogP contribution in [0.15, 0.2) is 48.5 Å². The molecule has 0 N–H and O–H groups in total. The van der Waals surface area contributed by atoms with Crippen LogP contribution in [0.1, 0.15) is 36.2 Å². The lowest BCUT2D eigenvalue weighted by Crippen LogP contribution is -2.38. The van der Waals surface area contributed by atoms with Crippen LogP contribution in [0.25, 0.3) is 0 Å². The van der Waals surface area contributed by atoms with Crippen molar-refractivity contribution in [1.82, 2.24) is 0 Å². The molecular weight excluding hydrogens is 340 g/mol. The van der Waals surface area contributed by atoms with Crippen molar-refractivity contribution in [3.8, 4) is 0 Å². The third-order valence-electron chi connectivity index (χ3n) is 4.97. The van der Waals surface area contributed by atoms with Gasteiger partial charge in [-0.25, -0.2) is 4.79 Å². The molecular formula is C22H26N2O3. The zero-order chi connectivity index (χ0) is 19.2. The third kappa shape index (κ3) is 4.30. The maximum Gasteiger partial charge on any atom is 0.338 e. The van der Waals surface area contributed by atoms with E-state index < -0.39 is 5.97 Å². The number of hydrogen-bond donors (Lipinski definition) is 0. The Morgan fingerprint density at radius 3 is 2.44 bits per heavy atom. The van der Waals surface area contributed by atoms with Crippen molar-refractivity contribution in [2.24, 2.45) is 0 Å². The Balaban J connectivity index is 1.60. The van der Waals surface area contributed by atoms with E-state index in [0.717, 1.165) is 42.9 Å². The summed E-state index contributed by atoms with van der Waals surface area (Å²) in [7, 11) is 0. The summed E-state index contributed by atoms with van der Waals surface area (Å²) in [6.45, 7) is 6.42. The van der Waals surface area contributed by atoms with Gasteiger partial charge in [0.25, 0.3) is 5.91 Å². The summed E-state index contributed by atoms with van der Waals surface area (Å²) in [5.41, 5.74) is 3.61. The molecule has 0 fully saturated rings. The first-order valence-electron chi connectivity index (χ1n) is 9.54. The maximum absolute atomic E-state index is 12.6. The fourth-order valence-electron chi connectivity index (χ4n) is 3.48. The highest BCUT2D eigenvalue weighted by molar-refractivity contribution is 5.98. The SMILES string of the molecule is CCN(CC)c1ccc(C(=O)OCC(=O)N2CCCc3ccccc32)cc1. The normalized spacial score (nSPS) is 13.0. The lowest BCUT2D eigenvalue weighted by Gasteiger charge is -2.29. The number of rotatable bonds is 6. The second-order valence-corrected chi connectivity index (χ2v) is 6.57. The van der Waals surface area contributed by atoms with Gasteiger partial charge in [0.1, 0.15) is 0 Å². The first-order chi connectivity index (χ1) is 13.1. The molecule has 0 saturated heterocycles. The standard InChI is InChI=1S/C22H26N2O3/c1-3-23(4-2)19-13-11-18(12-14-19)22(26)27-16-21(25)24-15-7-9-17-8-5-6-10-20(17)24/h5-6,8,10-14H,3-4,7,9,15-16H2,1-2H3. The minimum Gasteiger partial charge on any atom is -0.452 e. The molecule has 1 heterocycles. The maximum atomic E-state index is 12.6. The lowest BCUT2D eigenvalue weighted by molar-refractivity contribution is -0.121.